The monoisotopic (exact) mass is 283 g/mol. The smallest absolute Gasteiger partial charge is 0.317 e. The van der Waals surface area contributed by atoms with Gasteiger partial charge >= 0.3 is 6.03 Å². The van der Waals surface area contributed by atoms with Gasteiger partial charge in [0.2, 0.25) is 0 Å². The van der Waals surface area contributed by atoms with Crippen molar-refractivity contribution in [3.05, 3.63) is 16.6 Å². The van der Waals surface area contributed by atoms with E-state index >= 15 is 0 Å². The molecule has 0 spiro atoms. The molecule has 3 heterocycles. The number of urea groups is 1. The summed E-state index contributed by atoms with van der Waals surface area (Å²) >= 11 is 1.57. The van der Waals surface area contributed by atoms with Gasteiger partial charge in [0.05, 0.1) is 49.7 Å². The van der Waals surface area contributed by atoms with Crippen LogP contribution in [0.25, 0.3) is 0 Å². The predicted molar refractivity (Wildman–Crippen MR) is 70.3 cm³/mol. The second-order valence-corrected chi connectivity index (χ2v) is 5.50. The summed E-state index contributed by atoms with van der Waals surface area (Å²) in [5.74, 6) is 0. The standard InChI is InChI=1S/C12H17N3O3S/c16-12(13-2-1-9-7-19-8-14-9)15-3-10-5-17-6-11(4-15)18-10/h7-8,10-11H,1-6H2,(H,13,16). The van der Waals surface area contributed by atoms with Crippen molar-refractivity contribution >= 4 is 17.4 Å². The molecule has 1 aromatic rings. The van der Waals surface area contributed by atoms with E-state index in [1.54, 1.807) is 16.8 Å². The van der Waals surface area contributed by atoms with Gasteiger partial charge in [-0.3, -0.25) is 0 Å². The molecule has 7 heteroatoms. The van der Waals surface area contributed by atoms with Crippen LogP contribution in [0.5, 0.6) is 0 Å². The SMILES string of the molecule is O=C(NCCc1cscn1)N1CC2COCC(C1)O2. The third kappa shape index (κ3) is 3.23. The topological polar surface area (TPSA) is 63.7 Å². The number of rotatable bonds is 3. The van der Waals surface area contributed by atoms with Gasteiger partial charge in [-0.2, -0.15) is 0 Å². The van der Waals surface area contributed by atoms with E-state index < -0.39 is 0 Å². The highest BCUT2D eigenvalue weighted by molar-refractivity contribution is 7.07. The number of hydrogen-bond acceptors (Lipinski definition) is 5. The molecule has 2 amide bonds. The maximum absolute atomic E-state index is 12.1. The first-order valence-electron chi connectivity index (χ1n) is 6.44. The van der Waals surface area contributed by atoms with Gasteiger partial charge < -0.3 is 19.7 Å². The highest BCUT2D eigenvalue weighted by Gasteiger charge is 2.33. The Kier molecular flexibility index (Phi) is 3.95. The lowest BCUT2D eigenvalue weighted by atomic mass is 10.2. The van der Waals surface area contributed by atoms with Gasteiger partial charge in [-0.1, -0.05) is 0 Å². The molecule has 1 aromatic heterocycles. The highest BCUT2D eigenvalue weighted by Crippen LogP contribution is 2.16. The maximum Gasteiger partial charge on any atom is 0.317 e. The van der Waals surface area contributed by atoms with Crippen LogP contribution in [0, 0.1) is 0 Å². The minimum absolute atomic E-state index is 0.0181. The molecule has 0 radical (unpaired) electrons. The van der Waals surface area contributed by atoms with Crippen LogP contribution in [0.15, 0.2) is 10.9 Å². The number of nitrogens with zero attached hydrogens (tertiary/aromatic N) is 2. The molecule has 6 nitrogen and oxygen atoms in total. The molecule has 2 bridgehead atoms. The third-order valence-electron chi connectivity index (χ3n) is 3.27. The zero-order valence-electron chi connectivity index (χ0n) is 10.6. The van der Waals surface area contributed by atoms with E-state index in [1.807, 2.05) is 10.3 Å². The Morgan fingerprint density at radius 1 is 1.47 bits per heavy atom. The first-order chi connectivity index (χ1) is 9.31. The molecule has 3 rings (SSSR count). The number of morpholine rings is 1. The molecular weight excluding hydrogens is 266 g/mol. The van der Waals surface area contributed by atoms with Crippen molar-refractivity contribution in [1.29, 1.82) is 0 Å². The molecule has 2 fully saturated rings. The fraction of sp³-hybridized carbons (Fsp3) is 0.667. The lowest BCUT2D eigenvalue weighted by Gasteiger charge is -2.41. The third-order valence-corrected chi connectivity index (χ3v) is 3.90. The Morgan fingerprint density at radius 3 is 2.95 bits per heavy atom. The molecule has 2 unspecified atom stereocenters. The van der Waals surface area contributed by atoms with E-state index in [4.69, 9.17) is 9.47 Å². The van der Waals surface area contributed by atoms with Crippen LogP contribution in [0.1, 0.15) is 5.69 Å². The molecule has 19 heavy (non-hydrogen) atoms. The summed E-state index contributed by atoms with van der Waals surface area (Å²) in [6.07, 6.45) is 0.823. The van der Waals surface area contributed by atoms with Crippen LogP contribution >= 0.6 is 11.3 Å². The fourth-order valence-corrected chi connectivity index (χ4v) is 2.97. The molecule has 0 aromatic carbocycles. The Labute approximate surface area is 115 Å². The van der Waals surface area contributed by atoms with E-state index in [1.165, 1.54) is 0 Å². The minimum atomic E-state index is -0.0181. The molecular formula is C12H17N3O3S. The summed E-state index contributed by atoms with van der Waals surface area (Å²) in [7, 11) is 0. The van der Waals surface area contributed by atoms with E-state index in [9.17, 15) is 4.79 Å². The van der Waals surface area contributed by atoms with E-state index in [-0.39, 0.29) is 18.2 Å². The average Bonchev–Trinajstić information content (AvgIpc) is 2.91. The number of carbonyl (C=O) groups is 1. The van der Waals surface area contributed by atoms with E-state index in [0.29, 0.717) is 32.8 Å². The van der Waals surface area contributed by atoms with Crippen molar-refractivity contribution in [2.75, 3.05) is 32.8 Å². The van der Waals surface area contributed by atoms with Gasteiger partial charge in [-0.15, -0.1) is 11.3 Å². The summed E-state index contributed by atoms with van der Waals surface area (Å²) < 4.78 is 11.1. The molecule has 2 aliphatic rings. The number of carbonyl (C=O) groups excluding carboxylic acids is 1. The van der Waals surface area contributed by atoms with Crippen LogP contribution < -0.4 is 5.32 Å². The molecule has 0 saturated carbocycles. The molecule has 0 aliphatic carbocycles. The number of nitrogens with one attached hydrogen (secondary N) is 1. The summed E-state index contributed by atoms with van der Waals surface area (Å²) in [6, 6.07) is -0.0181. The second-order valence-electron chi connectivity index (χ2n) is 4.78. The second kappa shape index (κ2) is 5.85. The van der Waals surface area contributed by atoms with Crippen LogP contribution in [0.2, 0.25) is 0 Å². The quantitative estimate of drug-likeness (QED) is 0.877. The highest BCUT2D eigenvalue weighted by atomic mass is 32.1. The lowest BCUT2D eigenvalue weighted by Crippen LogP contribution is -2.57. The summed E-state index contributed by atoms with van der Waals surface area (Å²) in [5.41, 5.74) is 2.83. The van der Waals surface area contributed by atoms with Crippen LogP contribution in [-0.4, -0.2) is 61.0 Å². The van der Waals surface area contributed by atoms with Crippen molar-refractivity contribution in [2.45, 2.75) is 18.6 Å². The van der Waals surface area contributed by atoms with Gasteiger partial charge in [0.1, 0.15) is 0 Å². The molecule has 1 N–H and O–H groups in total. The normalized spacial score (nSPS) is 26.2. The van der Waals surface area contributed by atoms with Gasteiger partial charge in [0, 0.05) is 18.3 Å². The summed E-state index contributed by atoms with van der Waals surface area (Å²) in [5, 5.41) is 4.94. The van der Waals surface area contributed by atoms with Gasteiger partial charge in [-0.25, -0.2) is 9.78 Å². The Hall–Kier alpha value is -1.18. The largest absolute Gasteiger partial charge is 0.376 e. The Balaban J connectivity index is 1.45. The van der Waals surface area contributed by atoms with Gasteiger partial charge in [0.15, 0.2) is 0 Å². The fourth-order valence-electron chi connectivity index (χ4n) is 2.38. The number of hydrogen-bond donors (Lipinski definition) is 1. The van der Waals surface area contributed by atoms with Crippen molar-refractivity contribution < 1.29 is 14.3 Å². The van der Waals surface area contributed by atoms with E-state index in [2.05, 4.69) is 10.3 Å². The summed E-state index contributed by atoms with van der Waals surface area (Å²) in [6.45, 7) is 3.00. The van der Waals surface area contributed by atoms with Crippen molar-refractivity contribution in [3.8, 4) is 0 Å². The molecule has 104 valence electrons. The van der Waals surface area contributed by atoms with Crippen molar-refractivity contribution in [1.82, 2.24) is 15.2 Å². The van der Waals surface area contributed by atoms with Crippen LogP contribution in [0.4, 0.5) is 4.79 Å². The number of amides is 2. The first kappa shape index (κ1) is 12.8. The first-order valence-corrected chi connectivity index (χ1v) is 7.38. The Morgan fingerprint density at radius 2 is 2.26 bits per heavy atom. The average molecular weight is 283 g/mol. The molecule has 2 aliphatic heterocycles. The molecule has 2 saturated heterocycles. The minimum Gasteiger partial charge on any atom is -0.376 e. The van der Waals surface area contributed by atoms with Crippen LogP contribution in [-0.2, 0) is 15.9 Å². The molecule has 2 atom stereocenters. The van der Waals surface area contributed by atoms with Crippen molar-refractivity contribution in [3.63, 3.8) is 0 Å². The maximum atomic E-state index is 12.1. The number of fused-ring (bicyclic) bond motifs is 2. The zero-order valence-corrected chi connectivity index (χ0v) is 11.4. The lowest BCUT2D eigenvalue weighted by molar-refractivity contribution is -0.171. The number of thiazole rings is 1. The van der Waals surface area contributed by atoms with E-state index in [0.717, 1.165) is 12.1 Å². The zero-order chi connectivity index (χ0) is 13.1. The predicted octanol–water partition coefficient (Wildman–Crippen LogP) is 0.495. The van der Waals surface area contributed by atoms with Crippen molar-refractivity contribution in [2.24, 2.45) is 0 Å². The number of ether oxygens (including phenoxy) is 2. The van der Waals surface area contributed by atoms with Crippen LogP contribution in [0.3, 0.4) is 0 Å². The Bertz CT molecular complexity index is 414. The van der Waals surface area contributed by atoms with Gasteiger partial charge in [0.25, 0.3) is 0 Å². The number of aromatic nitrogens is 1. The summed E-state index contributed by atoms with van der Waals surface area (Å²) in [4.78, 5) is 18.1. The van der Waals surface area contributed by atoms with Gasteiger partial charge in [-0.05, 0) is 0 Å².